The van der Waals surface area contributed by atoms with Gasteiger partial charge in [0.25, 0.3) is 0 Å². The lowest BCUT2D eigenvalue weighted by Crippen LogP contribution is -2.37. The van der Waals surface area contributed by atoms with Gasteiger partial charge < -0.3 is 10.2 Å². The Kier molecular flexibility index (Phi) is 4.87. The molecule has 0 amide bonds. The van der Waals surface area contributed by atoms with Crippen LogP contribution in [0.25, 0.3) is 0 Å². The minimum absolute atomic E-state index is 0.321. The van der Waals surface area contributed by atoms with Gasteiger partial charge in [0.05, 0.1) is 0 Å². The van der Waals surface area contributed by atoms with Crippen molar-refractivity contribution in [2.75, 3.05) is 20.6 Å². The average molecular weight is 274 g/mol. The summed E-state index contributed by atoms with van der Waals surface area (Å²) in [7, 11) is 4.29. The number of benzene rings is 1. The van der Waals surface area contributed by atoms with E-state index >= 15 is 0 Å². The molecule has 112 valence electrons. The monoisotopic (exact) mass is 274 g/mol. The zero-order chi connectivity index (χ0) is 14.8. The van der Waals surface area contributed by atoms with Gasteiger partial charge in [0.2, 0.25) is 0 Å². The first kappa shape index (κ1) is 15.5. The predicted octanol–water partition coefficient (Wildman–Crippen LogP) is 3.73. The Morgan fingerprint density at radius 3 is 2.70 bits per heavy atom. The molecule has 0 radical (unpaired) electrons. The highest BCUT2D eigenvalue weighted by Crippen LogP contribution is 2.41. The van der Waals surface area contributed by atoms with Crippen LogP contribution in [0.4, 0.5) is 0 Å². The fourth-order valence-electron chi connectivity index (χ4n) is 3.26. The molecule has 0 heterocycles. The van der Waals surface area contributed by atoms with Crippen LogP contribution in [0.15, 0.2) is 24.3 Å². The Morgan fingerprint density at radius 2 is 2.00 bits per heavy atom. The molecule has 2 nitrogen and oxygen atoms in total. The van der Waals surface area contributed by atoms with Gasteiger partial charge in [0.15, 0.2) is 0 Å². The lowest BCUT2D eigenvalue weighted by atomic mass is 9.71. The van der Waals surface area contributed by atoms with E-state index in [1.165, 1.54) is 30.4 Å². The van der Waals surface area contributed by atoms with E-state index in [4.69, 9.17) is 0 Å². The van der Waals surface area contributed by atoms with Crippen LogP contribution in [0.2, 0.25) is 0 Å². The van der Waals surface area contributed by atoms with Gasteiger partial charge in [-0.15, -0.1) is 0 Å². The Hall–Kier alpha value is -0.860. The van der Waals surface area contributed by atoms with Crippen molar-refractivity contribution in [3.63, 3.8) is 0 Å². The van der Waals surface area contributed by atoms with Crippen molar-refractivity contribution in [3.05, 3.63) is 35.4 Å². The molecule has 0 aliphatic heterocycles. The largest absolute Gasteiger partial charge is 0.309 e. The molecule has 0 aromatic heterocycles. The normalized spacial score (nSPS) is 22.6. The highest BCUT2D eigenvalue weighted by Gasteiger charge is 2.32. The highest BCUT2D eigenvalue weighted by molar-refractivity contribution is 5.38. The SMILES string of the molecule is CC(CCN(C)C)NC1CCC(C)(C)c2ccccc21. The van der Waals surface area contributed by atoms with Gasteiger partial charge in [-0.3, -0.25) is 0 Å². The number of nitrogens with zero attached hydrogens (tertiary/aromatic N) is 1. The molecule has 0 fully saturated rings. The lowest BCUT2D eigenvalue weighted by Gasteiger charge is -2.38. The summed E-state index contributed by atoms with van der Waals surface area (Å²) in [6.45, 7) is 8.20. The minimum atomic E-state index is 0.321. The molecule has 2 rings (SSSR count). The fourth-order valence-corrected chi connectivity index (χ4v) is 3.26. The maximum Gasteiger partial charge on any atom is 0.0325 e. The van der Waals surface area contributed by atoms with Crippen LogP contribution < -0.4 is 5.32 Å². The van der Waals surface area contributed by atoms with Gasteiger partial charge in [-0.25, -0.2) is 0 Å². The molecule has 0 bridgehead atoms. The number of hydrogen-bond acceptors (Lipinski definition) is 2. The third-order valence-electron chi connectivity index (χ3n) is 4.62. The molecule has 0 spiro atoms. The zero-order valence-corrected chi connectivity index (χ0v) is 13.7. The Balaban J connectivity index is 2.07. The van der Waals surface area contributed by atoms with Gasteiger partial charge in [-0.2, -0.15) is 0 Å². The van der Waals surface area contributed by atoms with Crippen LogP contribution in [-0.4, -0.2) is 31.6 Å². The summed E-state index contributed by atoms with van der Waals surface area (Å²) in [6.07, 6.45) is 3.72. The van der Waals surface area contributed by atoms with Crippen LogP contribution in [0.5, 0.6) is 0 Å². The van der Waals surface area contributed by atoms with Crippen LogP contribution in [-0.2, 0) is 5.41 Å². The molecule has 2 heteroatoms. The highest BCUT2D eigenvalue weighted by atomic mass is 15.1. The van der Waals surface area contributed by atoms with E-state index in [9.17, 15) is 0 Å². The first-order chi connectivity index (χ1) is 9.40. The van der Waals surface area contributed by atoms with Crippen LogP contribution >= 0.6 is 0 Å². The van der Waals surface area contributed by atoms with Gasteiger partial charge in [0.1, 0.15) is 0 Å². The molecule has 0 saturated heterocycles. The van der Waals surface area contributed by atoms with Crippen LogP contribution in [0.3, 0.4) is 0 Å². The zero-order valence-electron chi connectivity index (χ0n) is 13.7. The number of rotatable bonds is 5. The Bertz CT molecular complexity index is 437. The fraction of sp³-hybridized carbons (Fsp3) is 0.667. The van der Waals surface area contributed by atoms with Crippen LogP contribution in [0.1, 0.15) is 57.2 Å². The number of fused-ring (bicyclic) bond motifs is 1. The maximum atomic E-state index is 3.84. The summed E-state index contributed by atoms with van der Waals surface area (Å²) in [6, 6.07) is 10.1. The number of nitrogens with one attached hydrogen (secondary N) is 1. The minimum Gasteiger partial charge on any atom is -0.309 e. The third kappa shape index (κ3) is 3.62. The van der Waals surface area contributed by atoms with Crippen molar-refractivity contribution >= 4 is 0 Å². The molecule has 2 unspecified atom stereocenters. The second-order valence-corrected chi connectivity index (χ2v) is 7.22. The van der Waals surface area contributed by atoms with Gasteiger partial charge in [-0.05, 0) is 63.4 Å². The summed E-state index contributed by atoms with van der Waals surface area (Å²) in [5, 5.41) is 3.84. The molecular formula is C18H30N2. The Labute approximate surface area is 124 Å². The summed E-state index contributed by atoms with van der Waals surface area (Å²) in [5.41, 5.74) is 3.37. The quantitative estimate of drug-likeness (QED) is 0.880. The second-order valence-electron chi connectivity index (χ2n) is 7.22. The molecule has 1 N–H and O–H groups in total. The molecule has 1 aliphatic rings. The van der Waals surface area contributed by atoms with Gasteiger partial charge in [-0.1, -0.05) is 38.1 Å². The summed E-state index contributed by atoms with van der Waals surface area (Å²) in [5.74, 6) is 0. The lowest BCUT2D eigenvalue weighted by molar-refractivity contribution is 0.312. The van der Waals surface area contributed by atoms with Crippen molar-refractivity contribution in [2.24, 2.45) is 0 Å². The van der Waals surface area contributed by atoms with Gasteiger partial charge in [0, 0.05) is 12.1 Å². The summed E-state index contributed by atoms with van der Waals surface area (Å²) >= 11 is 0. The number of hydrogen-bond donors (Lipinski definition) is 1. The molecule has 1 aliphatic carbocycles. The van der Waals surface area contributed by atoms with Crippen molar-refractivity contribution in [3.8, 4) is 0 Å². The van der Waals surface area contributed by atoms with Crippen molar-refractivity contribution in [1.82, 2.24) is 10.2 Å². The predicted molar refractivity (Wildman–Crippen MR) is 87.2 cm³/mol. The van der Waals surface area contributed by atoms with Crippen LogP contribution in [0, 0.1) is 0 Å². The van der Waals surface area contributed by atoms with Crippen molar-refractivity contribution in [1.29, 1.82) is 0 Å². The molecule has 2 atom stereocenters. The molecule has 0 saturated carbocycles. The van der Waals surface area contributed by atoms with Gasteiger partial charge >= 0.3 is 0 Å². The van der Waals surface area contributed by atoms with E-state index in [1.807, 2.05) is 0 Å². The Morgan fingerprint density at radius 1 is 1.30 bits per heavy atom. The standard InChI is InChI=1S/C18H30N2/c1-14(11-13-20(4)5)19-17-10-12-18(2,3)16-9-7-6-8-15(16)17/h6-9,14,17,19H,10-13H2,1-5H3. The maximum absolute atomic E-state index is 3.84. The van der Waals surface area contributed by atoms with E-state index in [2.05, 4.69) is 69.3 Å². The average Bonchev–Trinajstić information content (AvgIpc) is 2.40. The third-order valence-corrected chi connectivity index (χ3v) is 4.62. The molecule has 20 heavy (non-hydrogen) atoms. The van der Waals surface area contributed by atoms with Crippen molar-refractivity contribution < 1.29 is 0 Å². The topological polar surface area (TPSA) is 15.3 Å². The van der Waals surface area contributed by atoms with E-state index in [-0.39, 0.29) is 0 Å². The van der Waals surface area contributed by atoms with E-state index in [0.717, 1.165) is 6.54 Å². The molecule has 1 aromatic rings. The first-order valence-electron chi connectivity index (χ1n) is 7.90. The van der Waals surface area contributed by atoms with E-state index in [1.54, 1.807) is 0 Å². The van der Waals surface area contributed by atoms with E-state index in [0.29, 0.717) is 17.5 Å². The van der Waals surface area contributed by atoms with Crippen molar-refractivity contribution in [2.45, 2.75) is 57.5 Å². The second kappa shape index (κ2) is 6.28. The summed E-state index contributed by atoms with van der Waals surface area (Å²) in [4.78, 5) is 2.26. The summed E-state index contributed by atoms with van der Waals surface area (Å²) < 4.78 is 0. The van der Waals surface area contributed by atoms with E-state index < -0.39 is 0 Å². The smallest absolute Gasteiger partial charge is 0.0325 e. The molecule has 1 aromatic carbocycles. The first-order valence-corrected chi connectivity index (χ1v) is 7.90. The molecular weight excluding hydrogens is 244 g/mol.